The molecule has 0 saturated heterocycles. The van der Waals surface area contributed by atoms with Gasteiger partial charge in [-0.25, -0.2) is 4.98 Å². The molecule has 0 aliphatic heterocycles. The van der Waals surface area contributed by atoms with Crippen LogP contribution in [0, 0.1) is 0 Å². The number of hydrogen-bond donors (Lipinski definition) is 2. The van der Waals surface area contributed by atoms with Crippen LogP contribution in [-0.2, 0) is 12.4 Å². The zero-order valence-corrected chi connectivity index (χ0v) is 14.5. The van der Waals surface area contributed by atoms with Crippen LogP contribution in [0.3, 0.4) is 0 Å². The number of hydrogen-bond acceptors (Lipinski definition) is 4. The molecule has 2 aliphatic carbocycles. The van der Waals surface area contributed by atoms with Crippen molar-refractivity contribution in [3.63, 3.8) is 0 Å². The van der Waals surface area contributed by atoms with E-state index >= 15 is 0 Å². The quantitative estimate of drug-likeness (QED) is 0.629. The fourth-order valence-electron chi connectivity index (χ4n) is 2.80. The molecule has 4 rings (SSSR count). The van der Waals surface area contributed by atoms with Crippen LogP contribution in [0.15, 0.2) is 24.3 Å². The van der Waals surface area contributed by atoms with E-state index in [1.165, 1.54) is 0 Å². The summed E-state index contributed by atoms with van der Waals surface area (Å²) >= 11 is 0. The Bertz CT molecular complexity index is 885. The van der Waals surface area contributed by atoms with Gasteiger partial charge in [0.1, 0.15) is 5.82 Å². The molecule has 1 aromatic carbocycles. The molecule has 150 valence electrons. The Kier molecular flexibility index (Phi) is 4.39. The van der Waals surface area contributed by atoms with Crippen molar-refractivity contribution in [2.24, 2.45) is 0 Å². The van der Waals surface area contributed by atoms with Gasteiger partial charge in [0.15, 0.2) is 0 Å². The molecule has 0 spiro atoms. The minimum atomic E-state index is -4.95. The second-order valence-electron chi connectivity index (χ2n) is 7.08. The first-order chi connectivity index (χ1) is 13.1. The van der Waals surface area contributed by atoms with Crippen molar-refractivity contribution in [2.75, 3.05) is 10.6 Å². The second kappa shape index (κ2) is 6.52. The smallest absolute Gasteiger partial charge is 0.351 e. The summed E-state index contributed by atoms with van der Waals surface area (Å²) < 4.78 is 78.5. The van der Waals surface area contributed by atoms with Gasteiger partial charge in [0.2, 0.25) is 5.95 Å². The zero-order valence-electron chi connectivity index (χ0n) is 14.5. The van der Waals surface area contributed by atoms with Gasteiger partial charge in [0.05, 0.1) is 22.5 Å². The molecule has 1 heterocycles. The van der Waals surface area contributed by atoms with Gasteiger partial charge in [0.25, 0.3) is 0 Å². The molecular weight excluding hydrogens is 386 g/mol. The largest absolute Gasteiger partial charge is 0.418 e. The number of aromatic nitrogens is 2. The number of anilines is 3. The first-order valence-electron chi connectivity index (χ1n) is 8.80. The molecule has 0 unspecified atom stereocenters. The normalized spacial score (nSPS) is 17.5. The van der Waals surface area contributed by atoms with E-state index in [2.05, 4.69) is 20.6 Å². The maximum absolute atomic E-state index is 13.3. The molecule has 2 fully saturated rings. The van der Waals surface area contributed by atoms with Gasteiger partial charge in [-0.3, -0.25) is 0 Å². The third-order valence-electron chi connectivity index (χ3n) is 4.57. The SMILES string of the molecule is FC(F)(F)c1ccc(Nc2cc(C3CC3)nc(NC3CC3)n2)c(C(F)(F)F)c1. The Balaban J connectivity index is 1.68. The fraction of sp³-hybridized carbons (Fsp3) is 0.444. The van der Waals surface area contributed by atoms with Gasteiger partial charge in [-0.05, 0) is 43.9 Å². The van der Waals surface area contributed by atoms with Crippen LogP contribution in [0.2, 0.25) is 0 Å². The Morgan fingerprint density at radius 1 is 0.857 bits per heavy atom. The van der Waals surface area contributed by atoms with E-state index in [4.69, 9.17) is 0 Å². The van der Waals surface area contributed by atoms with Crippen molar-refractivity contribution in [1.82, 2.24) is 9.97 Å². The van der Waals surface area contributed by atoms with Crippen molar-refractivity contribution in [1.29, 1.82) is 0 Å². The number of rotatable bonds is 5. The number of nitrogens with zero attached hydrogens (tertiary/aromatic N) is 2. The van der Waals surface area contributed by atoms with E-state index in [0.717, 1.165) is 31.7 Å². The molecule has 2 N–H and O–H groups in total. The van der Waals surface area contributed by atoms with Crippen molar-refractivity contribution >= 4 is 17.5 Å². The summed E-state index contributed by atoms with van der Waals surface area (Å²) in [6, 6.07) is 3.30. The highest BCUT2D eigenvalue weighted by Crippen LogP contribution is 2.42. The number of nitrogens with one attached hydrogen (secondary N) is 2. The fourth-order valence-corrected chi connectivity index (χ4v) is 2.80. The third-order valence-corrected chi connectivity index (χ3v) is 4.57. The van der Waals surface area contributed by atoms with E-state index < -0.39 is 29.2 Å². The average molecular weight is 402 g/mol. The molecular formula is C18H16F6N4. The Morgan fingerprint density at radius 3 is 2.14 bits per heavy atom. The standard InChI is InChI=1S/C18H16F6N4/c19-17(20,21)10-3-6-13(12(7-10)18(22,23)24)26-15-8-14(9-1-2-9)27-16(28-15)25-11-4-5-11/h3,6-9,11H,1-2,4-5H2,(H2,25,26,27,28). The third kappa shape index (κ3) is 4.31. The van der Waals surface area contributed by atoms with Gasteiger partial charge in [-0.1, -0.05) is 0 Å². The van der Waals surface area contributed by atoms with Crippen LogP contribution in [-0.4, -0.2) is 16.0 Å². The Labute approximate surface area is 156 Å². The van der Waals surface area contributed by atoms with Gasteiger partial charge in [-0.2, -0.15) is 31.3 Å². The number of benzene rings is 1. The van der Waals surface area contributed by atoms with Crippen molar-refractivity contribution < 1.29 is 26.3 Å². The maximum atomic E-state index is 13.3. The molecule has 4 nitrogen and oxygen atoms in total. The van der Waals surface area contributed by atoms with Crippen LogP contribution in [0.5, 0.6) is 0 Å². The number of alkyl halides is 6. The van der Waals surface area contributed by atoms with Gasteiger partial charge < -0.3 is 10.6 Å². The topological polar surface area (TPSA) is 49.8 Å². The highest BCUT2D eigenvalue weighted by molar-refractivity contribution is 5.63. The van der Waals surface area contributed by atoms with Crippen LogP contribution in [0.4, 0.5) is 43.8 Å². The second-order valence-corrected chi connectivity index (χ2v) is 7.08. The summed E-state index contributed by atoms with van der Waals surface area (Å²) in [5.74, 6) is 0.665. The molecule has 2 saturated carbocycles. The van der Waals surface area contributed by atoms with Crippen molar-refractivity contribution in [3.8, 4) is 0 Å². The average Bonchev–Trinajstić information content (AvgIpc) is 3.47. The monoisotopic (exact) mass is 402 g/mol. The Hall–Kier alpha value is -2.52. The highest BCUT2D eigenvalue weighted by Gasteiger charge is 2.38. The summed E-state index contributed by atoms with van der Waals surface area (Å²) in [5.41, 5.74) is -2.53. The Morgan fingerprint density at radius 2 is 1.57 bits per heavy atom. The molecule has 28 heavy (non-hydrogen) atoms. The summed E-state index contributed by atoms with van der Waals surface area (Å²) in [4.78, 5) is 8.59. The molecule has 0 bridgehead atoms. The molecule has 10 heteroatoms. The van der Waals surface area contributed by atoms with Crippen LogP contribution < -0.4 is 10.6 Å². The van der Waals surface area contributed by atoms with Crippen LogP contribution in [0.1, 0.15) is 48.4 Å². The van der Waals surface area contributed by atoms with E-state index in [9.17, 15) is 26.3 Å². The van der Waals surface area contributed by atoms with Crippen molar-refractivity contribution in [3.05, 3.63) is 41.1 Å². The van der Waals surface area contributed by atoms with Crippen LogP contribution >= 0.6 is 0 Å². The lowest BCUT2D eigenvalue weighted by Crippen LogP contribution is -2.14. The van der Waals surface area contributed by atoms with Crippen molar-refractivity contribution in [2.45, 2.75) is 50.0 Å². The van der Waals surface area contributed by atoms with E-state index in [0.29, 0.717) is 17.7 Å². The summed E-state index contributed by atoms with van der Waals surface area (Å²) in [7, 11) is 0. The predicted molar refractivity (Wildman–Crippen MR) is 90.4 cm³/mol. The van der Waals surface area contributed by atoms with Gasteiger partial charge in [-0.15, -0.1) is 0 Å². The van der Waals surface area contributed by atoms with Gasteiger partial charge in [0, 0.05) is 18.0 Å². The summed E-state index contributed by atoms with van der Waals surface area (Å²) in [5, 5.41) is 5.64. The van der Waals surface area contributed by atoms with E-state index in [1.807, 2.05) is 0 Å². The predicted octanol–water partition coefficient (Wildman–Crippen LogP) is 5.71. The molecule has 0 radical (unpaired) electrons. The lowest BCUT2D eigenvalue weighted by molar-refractivity contribution is -0.142. The zero-order chi connectivity index (χ0) is 20.1. The van der Waals surface area contributed by atoms with E-state index in [1.54, 1.807) is 6.07 Å². The first kappa shape index (κ1) is 18.8. The molecule has 2 aliphatic rings. The number of halogens is 6. The minimum Gasteiger partial charge on any atom is -0.351 e. The molecule has 0 amide bonds. The molecule has 1 aromatic heterocycles. The lowest BCUT2D eigenvalue weighted by Gasteiger charge is -2.17. The van der Waals surface area contributed by atoms with Gasteiger partial charge >= 0.3 is 12.4 Å². The minimum absolute atomic E-state index is 0.106. The first-order valence-corrected chi connectivity index (χ1v) is 8.80. The lowest BCUT2D eigenvalue weighted by atomic mass is 10.1. The molecule has 2 aromatic rings. The molecule has 0 atom stereocenters. The maximum Gasteiger partial charge on any atom is 0.418 e. The van der Waals surface area contributed by atoms with E-state index in [-0.39, 0.29) is 23.8 Å². The summed E-state index contributed by atoms with van der Waals surface area (Å²) in [6.45, 7) is 0. The highest BCUT2D eigenvalue weighted by atomic mass is 19.4. The van der Waals surface area contributed by atoms with Crippen LogP contribution in [0.25, 0.3) is 0 Å². The summed E-state index contributed by atoms with van der Waals surface area (Å²) in [6.07, 6.45) is -6.01.